The van der Waals surface area contributed by atoms with E-state index in [0.29, 0.717) is 13.2 Å². The number of hydrogen-bond donors (Lipinski definition) is 2. The van der Waals surface area contributed by atoms with E-state index in [4.69, 9.17) is 10.6 Å². The van der Waals surface area contributed by atoms with Gasteiger partial charge in [-0.3, -0.25) is 15.1 Å². The van der Waals surface area contributed by atoms with Crippen LogP contribution in [-0.2, 0) is 9.53 Å². The van der Waals surface area contributed by atoms with Crippen LogP contribution in [0, 0.1) is 0 Å². The van der Waals surface area contributed by atoms with Crippen LogP contribution in [0.5, 0.6) is 0 Å². The number of nitrogens with one attached hydrogen (secondary N) is 1. The van der Waals surface area contributed by atoms with Gasteiger partial charge in [-0.05, 0) is 6.92 Å². The molecule has 1 fully saturated rings. The molecule has 1 heterocycles. The molecule has 1 saturated heterocycles. The standard InChI is InChI=1S/C7H15N3O2/c1-6-4-10(2-3-12-6)5-7(11)9-8/h6H,2-5,8H2,1H3,(H,9,11). The molecule has 0 spiro atoms. The van der Waals surface area contributed by atoms with Gasteiger partial charge >= 0.3 is 0 Å². The lowest BCUT2D eigenvalue weighted by atomic mass is 10.3. The maximum atomic E-state index is 10.9. The number of hydrazine groups is 1. The molecule has 70 valence electrons. The number of carbonyl (C=O) groups excluding carboxylic acids is 1. The molecule has 5 nitrogen and oxygen atoms in total. The molecule has 1 atom stereocenters. The zero-order valence-electron chi connectivity index (χ0n) is 7.25. The Labute approximate surface area is 71.8 Å². The molecule has 0 aromatic heterocycles. The molecule has 1 aliphatic rings. The first-order valence-electron chi connectivity index (χ1n) is 4.06. The quantitative estimate of drug-likeness (QED) is 0.309. The molecule has 0 bridgehead atoms. The fourth-order valence-electron chi connectivity index (χ4n) is 1.28. The summed E-state index contributed by atoms with van der Waals surface area (Å²) >= 11 is 0. The molecule has 0 saturated carbocycles. The second-order valence-electron chi connectivity index (χ2n) is 2.98. The Bertz CT molecular complexity index is 163. The Balaban J connectivity index is 2.27. The topological polar surface area (TPSA) is 67.6 Å². The fourth-order valence-corrected chi connectivity index (χ4v) is 1.28. The highest BCUT2D eigenvalue weighted by Gasteiger charge is 2.17. The number of hydrogen-bond acceptors (Lipinski definition) is 4. The lowest BCUT2D eigenvalue weighted by Gasteiger charge is -2.30. The third kappa shape index (κ3) is 2.77. The number of ether oxygens (including phenoxy) is 1. The Hall–Kier alpha value is -0.650. The van der Waals surface area contributed by atoms with Crippen molar-refractivity contribution in [1.29, 1.82) is 0 Å². The van der Waals surface area contributed by atoms with Crippen molar-refractivity contribution in [2.45, 2.75) is 13.0 Å². The van der Waals surface area contributed by atoms with Crippen molar-refractivity contribution < 1.29 is 9.53 Å². The van der Waals surface area contributed by atoms with E-state index in [1.54, 1.807) is 0 Å². The minimum Gasteiger partial charge on any atom is -0.376 e. The van der Waals surface area contributed by atoms with Gasteiger partial charge in [0.1, 0.15) is 0 Å². The molecular formula is C7H15N3O2. The van der Waals surface area contributed by atoms with Gasteiger partial charge in [-0.25, -0.2) is 5.84 Å². The van der Waals surface area contributed by atoms with E-state index in [-0.39, 0.29) is 12.0 Å². The van der Waals surface area contributed by atoms with E-state index < -0.39 is 0 Å². The van der Waals surface area contributed by atoms with Crippen molar-refractivity contribution in [1.82, 2.24) is 10.3 Å². The Morgan fingerprint density at radius 1 is 1.83 bits per heavy atom. The van der Waals surface area contributed by atoms with Crippen LogP contribution < -0.4 is 11.3 Å². The average Bonchev–Trinajstić information content (AvgIpc) is 2.04. The first kappa shape index (κ1) is 9.44. The molecule has 1 rings (SSSR count). The van der Waals surface area contributed by atoms with Crippen LogP contribution in [0.1, 0.15) is 6.92 Å². The summed E-state index contributed by atoms with van der Waals surface area (Å²) in [7, 11) is 0. The van der Waals surface area contributed by atoms with E-state index >= 15 is 0 Å². The van der Waals surface area contributed by atoms with Gasteiger partial charge in [0.2, 0.25) is 5.91 Å². The van der Waals surface area contributed by atoms with Gasteiger partial charge in [0, 0.05) is 13.1 Å². The Kier molecular flexibility index (Phi) is 3.46. The summed E-state index contributed by atoms with van der Waals surface area (Å²) in [6.45, 7) is 4.65. The number of nitrogens with two attached hydrogens (primary N) is 1. The fraction of sp³-hybridized carbons (Fsp3) is 0.857. The summed E-state index contributed by atoms with van der Waals surface area (Å²) < 4.78 is 5.32. The third-order valence-electron chi connectivity index (χ3n) is 1.85. The van der Waals surface area contributed by atoms with Gasteiger partial charge in [-0.2, -0.15) is 0 Å². The average molecular weight is 173 g/mol. The number of rotatable bonds is 2. The second-order valence-corrected chi connectivity index (χ2v) is 2.98. The molecule has 1 unspecified atom stereocenters. The predicted octanol–water partition coefficient (Wildman–Crippen LogP) is -1.30. The van der Waals surface area contributed by atoms with Gasteiger partial charge in [-0.1, -0.05) is 0 Å². The molecule has 3 N–H and O–H groups in total. The first-order chi connectivity index (χ1) is 5.72. The smallest absolute Gasteiger partial charge is 0.248 e. The molecule has 12 heavy (non-hydrogen) atoms. The second kappa shape index (κ2) is 4.39. The molecule has 1 amide bonds. The molecule has 1 aliphatic heterocycles. The predicted molar refractivity (Wildman–Crippen MR) is 44.2 cm³/mol. The van der Waals surface area contributed by atoms with Gasteiger partial charge in [0.25, 0.3) is 0 Å². The van der Waals surface area contributed by atoms with E-state index in [9.17, 15) is 4.79 Å². The molecule has 0 aromatic rings. The Morgan fingerprint density at radius 2 is 2.58 bits per heavy atom. The van der Waals surface area contributed by atoms with Crippen LogP contribution in [-0.4, -0.2) is 43.2 Å². The number of carbonyl (C=O) groups is 1. The summed E-state index contributed by atoms with van der Waals surface area (Å²) in [5, 5.41) is 0. The van der Waals surface area contributed by atoms with Crippen molar-refractivity contribution in [3.8, 4) is 0 Å². The van der Waals surface area contributed by atoms with Crippen LogP contribution in [0.15, 0.2) is 0 Å². The van der Waals surface area contributed by atoms with E-state index in [0.717, 1.165) is 13.1 Å². The van der Waals surface area contributed by atoms with E-state index in [1.165, 1.54) is 0 Å². The zero-order chi connectivity index (χ0) is 8.97. The highest BCUT2D eigenvalue weighted by Crippen LogP contribution is 2.02. The van der Waals surface area contributed by atoms with Crippen LogP contribution in [0.3, 0.4) is 0 Å². The Morgan fingerprint density at radius 3 is 3.17 bits per heavy atom. The van der Waals surface area contributed by atoms with Gasteiger partial charge in [-0.15, -0.1) is 0 Å². The monoisotopic (exact) mass is 173 g/mol. The maximum absolute atomic E-state index is 10.9. The number of nitrogens with zero attached hydrogens (tertiary/aromatic N) is 1. The minimum absolute atomic E-state index is 0.149. The van der Waals surface area contributed by atoms with Crippen LogP contribution in [0.25, 0.3) is 0 Å². The van der Waals surface area contributed by atoms with E-state index in [2.05, 4.69) is 5.43 Å². The summed E-state index contributed by atoms with van der Waals surface area (Å²) in [4.78, 5) is 12.9. The highest BCUT2D eigenvalue weighted by atomic mass is 16.5. The molecule has 0 aromatic carbocycles. The number of amides is 1. The largest absolute Gasteiger partial charge is 0.376 e. The molecule has 0 radical (unpaired) electrons. The SMILES string of the molecule is CC1CN(CC(=O)NN)CCO1. The van der Waals surface area contributed by atoms with E-state index in [1.807, 2.05) is 11.8 Å². The highest BCUT2D eigenvalue weighted by molar-refractivity contribution is 5.77. The third-order valence-corrected chi connectivity index (χ3v) is 1.85. The van der Waals surface area contributed by atoms with Crippen LogP contribution in [0.2, 0.25) is 0 Å². The van der Waals surface area contributed by atoms with Gasteiger partial charge in [0.05, 0.1) is 19.3 Å². The summed E-state index contributed by atoms with van der Waals surface area (Å²) in [5.41, 5.74) is 2.11. The first-order valence-corrected chi connectivity index (χ1v) is 4.06. The zero-order valence-corrected chi connectivity index (χ0v) is 7.25. The number of morpholine rings is 1. The van der Waals surface area contributed by atoms with Crippen LogP contribution in [0.4, 0.5) is 0 Å². The molecular weight excluding hydrogens is 158 g/mol. The van der Waals surface area contributed by atoms with Crippen LogP contribution >= 0.6 is 0 Å². The van der Waals surface area contributed by atoms with Crippen molar-refractivity contribution in [3.05, 3.63) is 0 Å². The summed E-state index contributed by atoms with van der Waals surface area (Å²) in [5.74, 6) is 4.82. The summed E-state index contributed by atoms with van der Waals surface area (Å²) in [6.07, 6.45) is 0.212. The maximum Gasteiger partial charge on any atom is 0.248 e. The summed E-state index contributed by atoms with van der Waals surface area (Å²) in [6, 6.07) is 0. The molecule has 0 aliphatic carbocycles. The molecule has 5 heteroatoms. The van der Waals surface area contributed by atoms with Crippen molar-refractivity contribution >= 4 is 5.91 Å². The van der Waals surface area contributed by atoms with Gasteiger partial charge < -0.3 is 4.74 Å². The van der Waals surface area contributed by atoms with Gasteiger partial charge in [0.15, 0.2) is 0 Å². The van der Waals surface area contributed by atoms with Crippen molar-refractivity contribution in [2.75, 3.05) is 26.2 Å². The normalized spacial score (nSPS) is 25.3. The van der Waals surface area contributed by atoms with Crippen molar-refractivity contribution in [2.24, 2.45) is 5.84 Å². The van der Waals surface area contributed by atoms with Crippen molar-refractivity contribution in [3.63, 3.8) is 0 Å². The minimum atomic E-state index is -0.149. The lowest BCUT2D eigenvalue weighted by Crippen LogP contribution is -2.47. The lowest BCUT2D eigenvalue weighted by molar-refractivity contribution is -0.124.